The van der Waals surface area contributed by atoms with Gasteiger partial charge < -0.3 is 5.32 Å². The first-order chi connectivity index (χ1) is 14.6. The number of fused-ring (bicyclic) bond motifs is 4. The second kappa shape index (κ2) is 7.99. The zero-order valence-electron chi connectivity index (χ0n) is 17.4. The van der Waals surface area contributed by atoms with Crippen molar-refractivity contribution < 1.29 is 4.79 Å². The summed E-state index contributed by atoms with van der Waals surface area (Å²) >= 11 is 1.64. The highest BCUT2D eigenvalue weighted by Crippen LogP contribution is 2.33. The number of hydrogen-bond donors (Lipinski definition) is 1. The maximum atomic E-state index is 13.1. The lowest BCUT2D eigenvalue weighted by Gasteiger charge is -2.20. The molecule has 1 N–H and O–H groups in total. The van der Waals surface area contributed by atoms with Crippen LogP contribution in [0.25, 0.3) is 10.2 Å². The Labute approximate surface area is 180 Å². The Bertz CT molecular complexity index is 1180. The van der Waals surface area contributed by atoms with E-state index in [1.165, 1.54) is 46.2 Å². The smallest absolute Gasteiger partial charge is 0.262 e. The van der Waals surface area contributed by atoms with Crippen molar-refractivity contribution in [3.8, 4) is 0 Å². The van der Waals surface area contributed by atoms with Crippen LogP contribution in [0.15, 0.2) is 29.3 Å². The minimum absolute atomic E-state index is 0.00166. The van der Waals surface area contributed by atoms with Crippen LogP contribution in [0.2, 0.25) is 0 Å². The lowest BCUT2D eigenvalue weighted by molar-refractivity contribution is -0.122. The Kier molecular flexibility index (Phi) is 5.19. The Morgan fingerprint density at radius 1 is 1.13 bits per heavy atom. The van der Waals surface area contributed by atoms with Crippen molar-refractivity contribution in [3.63, 3.8) is 0 Å². The van der Waals surface area contributed by atoms with Gasteiger partial charge in [-0.25, -0.2) is 4.98 Å². The molecule has 1 aromatic carbocycles. The molecule has 1 atom stereocenters. The highest BCUT2D eigenvalue weighted by Gasteiger charge is 2.21. The SMILES string of the molecule is C[C@@H](NC(=O)Cn1cnc2sc3c(c2c1=O)CCCC3)c1ccc2c(c1)CCCC2. The van der Waals surface area contributed by atoms with Crippen molar-refractivity contribution in [2.75, 3.05) is 0 Å². The largest absolute Gasteiger partial charge is 0.348 e. The van der Waals surface area contributed by atoms with E-state index in [4.69, 9.17) is 0 Å². The van der Waals surface area contributed by atoms with E-state index in [0.717, 1.165) is 53.4 Å². The van der Waals surface area contributed by atoms with Crippen LogP contribution < -0.4 is 10.9 Å². The van der Waals surface area contributed by atoms with Gasteiger partial charge in [0.1, 0.15) is 11.4 Å². The van der Waals surface area contributed by atoms with Crippen molar-refractivity contribution in [2.45, 2.75) is 70.9 Å². The van der Waals surface area contributed by atoms with Gasteiger partial charge in [0.2, 0.25) is 5.91 Å². The predicted molar refractivity (Wildman–Crippen MR) is 120 cm³/mol. The van der Waals surface area contributed by atoms with Crippen LogP contribution in [0, 0.1) is 0 Å². The maximum absolute atomic E-state index is 13.1. The predicted octanol–water partition coefficient (Wildman–Crippen LogP) is 4.09. The van der Waals surface area contributed by atoms with Crippen LogP contribution in [0.4, 0.5) is 0 Å². The molecule has 2 aliphatic carbocycles. The first-order valence-electron chi connectivity index (χ1n) is 11.0. The van der Waals surface area contributed by atoms with E-state index in [2.05, 4.69) is 28.5 Å². The third kappa shape index (κ3) is 3.58. The number of nitrogens with zero attached hydrogens (tertiary/aromatic N) is 2. The standard InChI is InChI=1S/C24H27N3O2S/c1-15(17-11-10-16-6-2-3-7-18(16)12-17)26-21(28)13-27-14-25-23-22(24(27)29)19-8-4-5-9-20(19)30-23/h10-12,14-15H,2-9,13H2,1H3,(H,26,28)/t15-/m1/s1. The van der Waals surface area contributed by atoms with Gasteiger partial charge in [-0.1, -0.05) is 18.2 Å². The normalized spacial score (nSPS) is 16.7. The Hall–Kier alpha value is -2.47. The molecule has 0 spiro atoms. The summed E-state index contributed by atoms with van der Waals surface area (Å²) in [5, 5.41) is 3.79. The molecule has 156 valence electrons. The molecule has 0 aliphatic heterocycles. The summed E-state index contributed by atoms with van der Waals surface area (Å²) in [6, 6.07) is 6.46. The fourth-order valence-corrected chi connectivity index (χ4v) is 6.06. The van der Waals surface area contributed by atoms with Gasteiger partial charge in [0.25, 0.3) is 5.56 Å². The number of benzene rings is 1. The number of carbonyl (C=O) groups excluding carboxylic acids is 1. The number of hydrogen-bond acceptors (Lipinski definition) is 4. The second-order valence-corrected chi connectivity index (χ2v) is 9.68. The molecule has 30 heavy (non-hydrogen) atoms. The molecule has 1 amide bonds. The van der Waals surface area contributed by atoms with Crippen LogP contribution >= 0.6 is 11.3 Å². The monoisotopic (exact) mass is 421 g/mol. The molecule has 2 aliphatic rings. The Balaban J connectivity index is 1.33. The first kappa shape index (κ1) is 19.5. The molecule has 5 rings (SSSR count). The van der Waals surface area contributed by atoms with Crippen LogP contribution in [0.3, 0.4) is 0 Å². The number of amides is 1. The fourth-order valence-electron chi connectivity index (χ4n) is 4.84. The van der Waals surface area contributed by atoms with Crippen molar-refractivity contribution >= 4 is 27.5 Å². The molecule has 2 heterocycles. The van der Waals surface area contributed by atoms with E-state index < -0.39 is 0 Å². The van der Waals surface area contributed by atoms with Gasteiger partial charge in [-0.2, -0.15) is 0 Å². The van der Waals surface area contributed by atoms with Crippen molar-refractivity contribution in [1.29, 1.82) is 0 Å². The summed E-state index contributed by atoms with van der Waals surface area (Å²) < 4.78 is 1.46. The Morgan fingerprint density at radius 3 is 2.77 bits per heavy atom. The summed E-state index contributed by atoms with van der Waals surface area (Å²) in [5.74, 6) is -0.160. The van der Waals surface area contributed by atoms with Crippen molar-refractivity contribution in [2.24, 2.45) is 0 Å². The molecule has 0 saturated carbocycles. The van der Waals surface area contributed by atoms with E-state index >= 15 is 0 Å². The molecule has 5 nitrogen and oxygen atoms in total. The zero-order valence-corrected chi connectivity index (χ0v) is 18.2. The molecule has 2 aromatic heterocycles. The molecule has 0 unspecified atom stereocenters. The van der Waals surface area contributed by atoms with E-state index in [1.807, 2.05) is 6.92 Å². The average Bonchev–Trinajstić information content (AvgIpc) is 3.14. The molecule has 0 radical (unpaired) electrons. The summed E-state index contributed by atoms with van der Waals surface area (Å²) in [7, 11) is 0. The van der Waals surface area contributed by atoms with E-state index in [9.17, 15) is 9.59 Å². The number of aromatic nitrogens is 2. The van der Waals surface area contributed by atoms with Gasteiger partial charge in [-0.05, 0) is 80.5 Å². The van der Waals surface area contributed by atoms with Gasteiger partial charge in [-0.3, -0.25) is 14.2 Å². The zero-order chi connectivity index (χ0) is 20.7. The van der Waals surface area contributed by atoms with Gasteiger partial charge in [0.15, 0.2) is 0 Å². The lowest BCUT2D eigenvalue weighted by Crippen LogP contribution is -2.34. The number of carbonyl (C=O) groups is 1. The topological polar surface area (TPSA) is 64.0 Å². The average molecular weight is 422 g/mol. The van der Waals surface area contributed by atoms with Gasteiger partial charge in [0.05, 0.1) is 17.8 Å². The van der Waals surface area contributed by atoms with E-state index in [0.29, 0.717) is 0 Å². The van der Waals surface area contributed by atoms with Crippen LogP contribution in [0.5, 0.6) is 0 Å². The first-order valence-corrected chi connectivity index (χ1v) is 11.8. The summed E-state index contributed by atoms with van der Waals surface area (Å²) in [4.78, 5) is 32.4. The fraction of sp³-hybridized carbons (Fsp3) is 0.458. The highest BCUT2D eigenvalue weighted by atomic mass is 32.1. The van der Waals surface area contributed by atoms with Crippen LogP contribution in [-0.4, -0.2) is 15.5 Å². The highest BCUT2D eigenvalue weighted by molar-refractivity contribution is 7.18. The summed E-state index contributed by atoms with van der Waals surface area (Å²) in [6.45, 7) is 2.00. The molecule has 3 aromatic rings. The number of thiophene rings is 1. The molecule has 0 bridgehead atoms. The molecule has 6 heteroatoms. The molecular formula is C24H27N3O2S. The minimum Gasteiger partial charge on any atom is -0.348 e. The minimum atomic E-state index is -0.160. The molecular weight excluding hydrogens is 394 g/mol. The van der Waals surface area contributed by atoms with Gasteiger partial charge in [-0.15, -0.1) is 11.3 Å². The number of aryl methyl sites for hydroxylation is 4. The third-order valence-electron chi connectivity index (χ3n) is 6.51. The quantitative estimate of drug-likeness (QED) is 0.690. The van der Waals surface area contributed by atoms with Gasteiger partial charge in [0, 0.05) is 4.88 Å². The molecule has 0 saturated heterocycles. The third-order valence-corrected chi connectivity index (χ3v) is 7.71. The second-order valence-electron chi connectivity index (χ2n) is 8.59. The van der Waals surface area contributed by atoms with Gasteiger partial charge >= 0.3 is 0 Å². The van der Waals surface area contributed by atoms with Crippen molar-refractivity contribution in [1.82, 2.24) is 14.9 Å². The molecule has 0 fully saturated rings. The summed E-state index contributed by atoms with van der Waals surface area (Å²) in [5.41, 5.74) is 5.05. The van der Waals surface area contributed by atoms with Crippen LogP contribution in [-0.2, 0) is 37.0 Å². The Morgan fingerprint density at radius 2 is 1.90 bits per heavy atom. The van der Waals surface area contributed by atoms with Crippen molar-refractivity contribution in [3.05, 3.63) is 62.0 Å². The maximum Gasteiger partial charge on any atom is 0.262 e. The summed E-state index contributed by atoms with van der Waals surface area (Å²) in [6.07, 6.45) is 10.6. The van der Waals surface area contributed by atoms with E-state index in [-0.39, 0.29) is 24.1 Å². The van der Waals surface area contributed by atoms with Crippen LogP contribution in [0.1, 0.15) is 65.8 Å². The number of rotatable bonds is 4. The lowest BCUT2D eigenvalue weighted by atomic mass is 9.89. The number of nitrogens with one attached hydrogen (secondary N) is 1. The van der Waals surface area contributed by atoms with E-state index in [1.54, 1.807) is 11.3 Å².